The largest absolute Gasteiger partial charge is 0.301 e. The summed E-state index contributed by atoms with van der Waals surface area (Å²) in [6, 6.07) is 0.763. The Morgan fingerprint density at radius 2 is 1.46 bits per heavy atom. The van der Waals surface area contributed by atoms with Crippen molar-refractivity contribution in [3.05, 3.63) is 0 Å². The summed E-state index contributed by atoms with van der Waals surface area (Å²) in [6.45, 7) is 7.37. The van der Waals surface area contributed by atoms with Gasteiger partial charge >= 0.3 is 0 Å². The first kappa shape index (κ1) is 9.51. The van der Waals surface area contributed by atoms with Crippen LogP contribution in [0.1, 0.15) is 52.4 Å². The second-order valence-electron chi connectivity index (χ2n) is 5.34. The average Bonchev–Trinajstić information content (AvgIpc) is 2.54. The van der Waals surface area contributed by atoms with Crippen LogP contribution in [0.15, 0.2) is 0 Å². The van der Waals surface area contributed by atoms with Crippen LogP contribution in [0.4, 0.5) is 0 Å². The molecule has 1 heteroatoms. The third-order valence-corrected chi connectivity index (χ3v) is 4.25. The SMILES string of the molecule is CC(C)N1CCC2(CCCC2)CC1. The molecule has 1 aliphatic carbocycles. The Balaban J connectivity index is 1.88. The van der Waals surface area contributed by atoms with E-state index in [1.165, 1.54) is 51.6 Å². The molecule has 0 bridgehead atoms. The van der Waals surface area contributed by atoms with E-state index in [1.54, 1.807) is 0 Å². The molecule has 2 fully saturated rings. The minimum atomic E-state index is 0.763. The molecule has 1 saturated heterocycles. The van der Waals surface area contributed by atoms with Crippen LogP contribution < -0.4 is 0 Å². The number of rotatable bonds is 1. The fourth-order valence-electron chi connectivity index (χ4n) is 3.14. The molecule has 1 nitrogen and oxygen atoms in total. The Labute approximate surface area is 82.5 Å². The zero-order valence-electron chi connectivity index (χ0n) is 9.18. The topological polar surface area (TPSA) is 3.24 Å². The van der Waals surface area contributed by atoms with E-state index < -0.39 is 0 Å². The van der Waals surface area contributed by atoms with Gasteiger partial charge in [0, 0.05) is 6.04 Å². The van der Waals surface area contributed by atoms with E-state index in [1.807, 2.05) is 0 Å². The van der Waals surface area contributed by atoms with Crippen molar-refractivity contribution in [2.75, 3.05) is 13.1 Å². The number of hydrogen-bond acceptors (Lipinski definition) is 1. The zero-order valence-corrected chi connectivity index (χ0v) is 9.18. The Morgan fingerprint density at radius 3 is 1.92 bits per heavy atom. The summed E-state index contributed by atoms with van der Waals surface area (Å²) in [5, 5.41) is 0. The Bertz CT molecular complexity index is 158. The second-order valence-corrected chi connectivity index (χ2v) is 5.34. The van der Waals surface area contributed by atoms with Crippen LogP contribution in [-0.4, -0.2) is 24.0 Å². The highest BCUT2D eigenvalue weighted by molar-refractivity contribution is 4.90. The fraction of sp³-hybridized carbons (Fsp3) is 1.00. The van der Waals surface area contributed by atoms with Crippen molar-refractivity contribution < 1.29 is 0 Å². The van der Waals surface area contributed by atoms with Crippen LogP contribution in [0, 0.1) is 5.41 Å². The summed E-state index contributed by atoms with van der Waals surface area (Å²) in [6.07, 6.45) is 9.01. The number of nitrogens with zero attached hydrogens (tertiary/aromatic N) is 1. The lowest BCUT2D eigenvalue weighted by Gasteiger charge is -2.41. The zero-order chi connectivity index (χ0) is 9.31. The molecule has 0 unspecified atom stereocenters. The van der Waals surface area contributed by atoms with Gasteiger partial charge in [0.05, 0.1) is 0 Å². The first-order chi connectivity index (χ1) is 6.22. The van der Waals surface area contributed by atoms with Gasteiger partial charge in [-0.05, 0) is 58.0 Å². The third-order valence-electron chi connectivity index (χ3n) is 4.25. The molecule has 2 aliphatic rings. The van der Waals surface area contributed by atoms with Crippen LogP contribution in [0.3, 0.4) is 0 Å². The molecule has 2 rings (SSSR count). The van der Waals surface area contributed by atoms with Crippen molar-refractivity contribution in [2.24, 2.45) is 5.41 Å². The molecule has 0 aromatic heterocycles. The van der Waals surface area contributed by atoms with Crippen molar-refractivity contribution in [1.82, 2.24) is 4.90 Å². The van der Waals surface area contributed by atoms with Gasteiger partial charge in [-0.25, -0.2) is 0 Å². The van der Waals surface area contributed by atoms with Gasteiger partial charge in [0.2, 0.25) is 0 Å². The predicted molar refractivity (Wildman–Crippen MR) is 56.8 cm³/mol. The van der Waals surface area contributed by atoms with Crippen LogP contribution in [0.5, 0.6) is 0 Å². The summed E-state index contributed by atoms with van der Waals surface area (Å²) in [5.74, 6) is 0. The lowest BCUT2D eigenvalue weighted by Crippen LogP contribution is -2.42. The van der Waals surface area contributed by atoms with Gasteiger partial charge < -0.3 is 4.90 Å². The monoisotopic (exact) mass is 181 g/mol. The fourth-order valence-corrected chi connectivity index (χ4v) is 3.14. The Hall–Kier alpha value is -0.0400. The van der Waals surface area contributed by atoms with E-state index in [9.17, 15) is 0 Å². The van der Waals surface area contributed by atoms with E-state index in [4.69, 9.17) is 0 Å². The summed E-state index contributed by atoms with van der Waals surface area (Å²) in [4.78, 5) is 2.64. The highest BCUT2D eigenvalue weighted by Gasteiger charge is 2.37. The van der Waals surface area contributed by atoms with E-state index in [0.29, 0.717) is 0 Å². The highest BCUT2D eigenvalue weighted by Crippen LogP contribution is 2.46. The minimum Gasteiger partial charge on any atom is -0.301 e. The van der Waals surface area contributed by atoms with Crippen molar-refractivity contribution >= 4 is 0 Å². The summed E-state index contributed by atoms with van der Waals surface area (Å²) in [7, 11) is 0. The van der Waals surface area contributed by atoms with Crippen molar-refractivity contribution in [2.45, 2.75) is 58.4 Å². The maximum atomic E-state index is 2.64. The van der Waals surface area contributed by atoms with Gasteiger partial charge in [0.15, 0.2) is 0 Å². The smallest absolute Gasteiger partial charge is 0.00385 e. The first-order valence-corrected chi connectivity index (χ1v) is 5.96. The molecule has 76 valence electrons. The van der Waals surface area contributed by atoms with Gasteiger partial charge in [0.25, 0.3) is 0 Å². The summed E-state index contributed by atoms with van der Waals surface area (Å²) >= 11 is 0. The molecule has 1 saturated carbocycles. The van der Waals surface area contributed by atoms with Crippen molar-refractivity contribution in [3.8, 4) is 0 Å². The molecule has 1 spiro atoms. The van der Waals surface area contributed by atoms with E-state index >= 15 is 0 Å². The lowest BCUT2D eigenvalue weighted by molar-refractivity contribution is 0.0871. The van der Waals surface area contributed by atoms with Crippen LogP contribution in [0.2, 0.25) is 0 Å². The van der Waals surface area contributed by atoms with Gasteiger partial charge in [0.1, 0.15) is 0 Å². The lowest BCUT2D eigenvalue weighted by atomic mass is 9.77. The maximum Gasteiger partial charge on any atom is 0.00385 e. The highest BCUT2D eigenvalue weighted by atomic mass is 15.2. The van der Waals surface area contributed by atoms with E-state index in [-0.39, 0.29) is 0 Å². The molecule has 0 amide bonds. The van der Waals surface area contributed by atoms with E-state index in [0.717, 1.165) is 11.5 Å². The maximum absolute atomic E-state index is 2.64. The third kappa shape index (κ3) is 1.90. The molecule has 1 aliphatic heterocycles. The molecule has 0 atom stereocenters. The van der Waals surface area contributed by atoms with Crippen molar-refractivity contribution in [1.29, 1.82) is 0 Å². The van der Waals surface area contributed by atoms with Gasteiger partial charge in [-0.3, -0.25) is 0 Å². The normalized spacial score (nSPS) is 28.8. The standard InChI is InChI=1S/C12H23N/c1-11(2)13-9-7-12(8-10-13)5-3-4-6-12/h11H,3-10H2,1-2H3. The number of hydrogen-bond donors (Lipinski definition) is 0. The quantitative estimate of drug-likeness (QED) is 0.601. The van der Waals surface area contributed by atoms with Gasteiger partial charge in [-0.1, -0.05) is 12.8 Å². The van der Waals surface area contributed by atoms with Crippen LogP contribution in [0.25, 0.3) is 0 Å². The molecular formula is C12H23N. The van der Waals surface area contributed by atoms with Crippen molar-refractivity contribution in [3.63, 3.8) is 0 Å². The van der Waals surface area contributed by atoms with Gasteiger partial charge in [-0.15, -0.1) is 0 Å². The average molecular weight is 181 g/mol. The van der Waals surface area contributed by atoms with E-state index in [2.05, 4.69) is 18.7 Å². The molecule has 13 heavy (non-hydrogen) atoms. The molecule has 0 N–H and O–H groups in total. The second kappa shape index (κ2) is 3.61. The Morgan fingerprint density at radius 1 is 0.923 bits per heavy atom. The minimum absolute atomic E-state index is 0.763. The number of piperidine rings is 1. The molecule has 1 heterocycles. The summed E-state index contributed by atoms with van der Waals surface area (Å²) in [5.41, 5.74) is 0.797. The number of likely N-dealkylation sites (tertiary alicyclic amines) is 1. The van der Waals surface area contributed by atoms with Gasteiger partial charge in [-0.2, -0.15) is 0 Å². The summed E-state index contributed by atoms with van der Waals surface area (Å²) < 4.78 is 0. The van der Waals surface area contributed by atoms with Crippen LogP contribution in [-0.2, 0) is 0 Å². The predicted octanol–water partition coefficient (Wildman–Crippen LogP) is 3.05. The molecule has 0 aromatic rings. The molecular weight excluding hydrogens is 158 g/mol. The first-order valence-electron chi connectivity index (χ1n) is 5.96. The Kier molecular flexibility index (Phi) is 2.64. The molecule has 0 aromatic carbocycles. The van der Waals surface area contributed by atoms with Crippen LogP contribution >= 0.6 is 0 Å². The molecule has 0 radical (unpaired) electrons.